The minimum atomic E-state index is 0.149. The van der Waals surface area contributed by atoms with Crippen LogP contribution in [-0.4, -0.2) is 43.3 Å². The molecule has 20 heavy (non-hydrogen) atoms. The smallest absolute Gasteiger partial charge is 0.142 e. The number of hydrogen-bond donors (Lipinski definition) is 2. The number of phenols is 1. The van der Waals surface area contributed by atoms with E-state index in [0.717, 1.165) is 44.6 Å². The average Bonchev–Trinajstić information content (AvgIpc) is 2.49. The second-order valence-electron chi connectivity index (χ2n) is 5.10. The lowest BCUT2D eigenvalue weighted by Gasteiger charge is -2.36. The Morgan fingerprint density at radius 1 is 1.40 bits per heavy atom. The number of benzene rings is 1. The van der Waals surface area contributed by atoms with Crippen molar-refractivity contribution < 1.29 is 9.84 Å². The van der Waals surface area contributed by atoms with Gasteiger partial charge in [-0.15, -0.1) is 0 Å². The summed E-state index contributed by atoms with van der Waals surface area (Å²) in [5.74, 6) is 0.867. The first-order chi connectivity index (χ1) is 9.69. The number of rotatable bonds is 5. The fraction of sp³-hybridized carbons (Fsp3) is 0.600. The predicted octanol–water partition coefficient (Wildman–Crippen LogP) is 2.80. The van der Waals surface area contributed by atoms with Gasteiger partial charge in [-0.25, -0.2) is 0 Å². The van der Waals surface area contributed by atoms with Crippen molar-refractivity contribution in [2.24, 2.45) is 0 Å². The summed E-state index contributed by atoms with van der Waals surface area (Å²) >= 11 is 6.09. The quantitative estimate of drug-likeness (QED) is 0.877. The molecule has 112 valence electrons. The number of aromatic hydroxyl groups is 1. The molecule has 0 amide bonds. The number of hydrogen-bond acceptors (Lipinski definition) is 4. The third-order valence-corrected chi connectivity index (χ3v) is 4.14. The SMILES string of the molecule is CCC[C@@H](c1c(OC)ccc(Cl)c1O)N1CCNCC1. The summed E-state index contributed by atoms with van der Waals surface area (Å²) in [6, 6.07) is 3.66. The monoisotopic (exact) mass is 298 g/mol. The zero-order chi connectivity index (χ0) is 14.5. The van der Waals surface area contributed by atoms with Crippen LogP contribution >= 0.6 is 11.6 Å². The first kappa shape index (κ1) is 15.4. The van der Waals surface area contributed by atoms with E-state index in [-0.39, 0.29) is 11.8 Å². The maximum absolute atomic E-state index is 10.4. The van der Waals surface area contributed by atoms with Crippen LogP contribution < -0.4 is 10.1 Å². The van der Waals surface area contributed by atoms with Gasteiger partial charge in [0.25, 0.3) is 0 Å². The minimum Gasteiger partial charge on any atom is -0.506 e. The molecule has 0 bridgehead atoms. The summed E-state index contributed by atoms with van der Waals surface area (Å²) in [6.45, 7) is 6.05. The Balaban J connectivity index is 2.39. The summed E-state index contributed by atoms with van der Waals surface area (Å²) in [7, 11) is 1.63. The van der Waals surface area contributed by atoms with E-state index in [4.69, 9.17) is 16.3 Å². The maximum Gasteiger partial charge on any atom is 0.142 e. The van der Waals surface area contributed by atoms with Crippen molar-refractivity contribution in [1.29, 1.82) is 0 Å². The lowest BCUT2D eigenvalue weighted by atomic mass is 9.97. The van der Waals surface area contributed by atoms with Crippen LogP contribution in [0.25, 0.3) is 0 Å². The highest BCUT2D eigenvalue weighted by Crippen LogP contribution is 2.42. The van der Waals surface area contributed by atoms with Crippen LogP contribution in [-0.2, 0) is 0 Å². The molecule has 1 aliphatic heterocycles. The van der Waals surface area contributed by atoms with E-state index in [1.165, 1.54) is 0 Å². The van der Waals surface area contributed by atoms with Crippen LogP contribution in [0.4, 0.5) is 0 Å². The molecule has 0 aliphatic carbocycles. The van der Waals surface area contributed by atoms with E-state index in [2.05, 4.69) is 17.1 Å². The van der Waals surface area contributed by atoms with Gasteiger partial charge in [0.15, 0.2) is 0 Å². The summed E-state index contributed by atoms with van der Waals surface area (Å²) in [5.41, 5.74) is 0.823. The van der Waals surface area contributed by atoms with E-state index >= 15 is 0 Å². The van der Waals surface area contributed by atoms with Crippen LogP contribution in [0.5, 0.6) is 11.5 Å². The molecule has 5 heteroatoms. The molecule has 0 aromatic heterocycles. The van der Waals surface area contributed by atoms with Gasteiger partial charge in [-0.1, -0.05) is 24.9 Å². The van der Waals surface area contributed by atoms with Gasteiger partial charge in [0.2, 0.25) is 0 Å². The predicted molar refractivity (Wildman–Crippen MR) is 81.8 cm³/mol. The molecule has 0 unspecified atom stereocenters. The van der Waals surface area contributed by atoms with Gasteiger partial charge in [-0.2, -0.15) is 0 Å². The van der Waals surface area contributed by atoms with Gasteiger partial charge < -0.3 is 15.2 Å². The van der Waals surface area contributed by atoms with Gasteiger partial charge in [-0.05, 0) is 18.6 Å². The molecular formula is C15H23ClN2O2. The molecule has 1 fully saturated rings. The van der Waals surface area contributed by atoms with Gasteiger partial charge >= 0.3 is 0 Å². The van der Waals surface area contributed by atoms with Crippen molar-refractivity contribution in [3.63, 3.8) is 0 Å². The molecule has 1 aromatic carbocycles. The molecule has 0 saturated carbocycles. The Morgan fingerprint density at radius 3 is 2.70 bits per heavy atom. The van der Waals surface area contributed by atoms with E-state index < -0.39 is 0 Å². The van der Waals surface area contributed by atoms with Gasteiger partial charge in [0.1, 0.15) is 11.5 Å². The number of piperazine rings is 1. The van der Waals surface area contributed by atoms with Crippen molar-refractivity contribution >= 4 is 11.6 Å². The number of ether oxygens (including phenoxy) is 1. The van der Waals surface area contributed by atoms with E-state index in [1.807, 2.05) is 6.07 Å². The second-order valence-corrected chi connectivity index (χ2v) is 5.51. The fourth-order valence-electron chi connectivity index (χ4n) is 2.84. The number of methoxy groups -OCH3 is 1. The lowest BCUT2D eigenvalue weighted by molar-refractivity contribution is 0.159. The highest BCUT2D eigenvalue weighted by Gasteiger charge is 2.27. The third kappa shape index (κ3) is 3.19. The van der Waals surface area contributed by atoms with Crippen LogP contribution in [0.1, 0.15) is 31.4 Å². The number of nitrogens with zero attached hydrogens (tertiary/aromatic N) is 1. The molecular weight excluding hydrogens is 276 g/mol. The highest BCUT2D eigenvalue weighted by molar-refractivity contribution is 6.32. The van der Waals surface area contributed by atoms with Crippen LogP contribution in [0.2, 0.25) is 5.02 Å². The lowest BCUT2D eigenvalue weighted by Crippen LogP contribution is -2.45. The molecule has 2 rings (SSSR count). The Kier molecular flexibility index (Phi) is 5.52. The molecule has 1 saturated heterocycles. The van der Waals surface area contributed by atoms with Crippen LogP contribution in [0, 0.1) is 0 Å². The van der Waals surface area contributed by atoms with Crippen molar-refractivity contribution in [3.8, 4) is 11.5 Å². The summed E-state index contributed by atoms with van der Waals surface area (Å²) in [5, 5.41) is 14.1. The Labute approximate surface area is 125 Å². The fourth-order valence-corrected chi connectivity index (χ4v) is 3.00. The zero-order valence-electron chi connectivity index (χ0n) is 12.2. The topological polar surface area (TPSA) is 44.7 Å². The first-order valence-corrected chi connectivity index (χ1v) is 7.57. The molecule has 1 heterocycles. The van der Waals surface area contributed by atoms with Gasteiger partial charge in [0.05, 0.1) is 17.7 Å². The zero-order valence-corrected chi connectivity index (χ0v) is 12.9. The number of halogens is 1. The van der Waals surface area contributed by atoms with Gasteiger partial charge in [0, 0.05) is 32.2 Å². The van der Waals surface area contributed by atoms with E-state index in [9.17, 15) is 5.11 Å². The van der Waals surface area contributed by atoms with Crippen molar-refractivity contribution in [2.45, 2.75) is 25.8 Å². The second kappa shape index (κ2) is 7.16. The largest absolute Gasteiger partial charge is 0.506 e. The molecule has 1 atom stereocenters. The third-order valence-electron chi connectivity index (χ3n) is 3.84. The minimum absolute atomic E-state index is 0.149. The number of nitrogens with one attached hydrogen (secondary N) is 1. The summed E-state index contributed by atoms with van der Waals surface area (Å²) in [6.07, 6.45) is 2.02. The summed E-state index contributed by atoms with van der Waals surface area (Å²) in [4.78, 5) is 2.40. The van der Waals surface area contributed by atoms with E-state index in [0.29, 0.717) is 10.8 Å². The highest BCUT2D eigenvalue weighted by atomic mass is 35.5. The molecule has 1 aromatic rings. The maximum atomic E-state index is 10.4. The number of phenolic OH excluding ortho intramolecular Hbond substituents is 1. The Bertz CT molecular complexity index is 448. The van der Waals surface area contributed by atoms with Crippen LogP contribution in [0.15, 0.2) is 12.1 Å². The Morgan fingerprint density at radius 2 is 2.10 bits per heavy atom. The van der Waals surface area contributed by atoms with Crippen molar-refractivity contribution in [3.05, 3.63) is 22.7 Å². The average molecular weight is 299 g/mol. The molecule has 1 aliphatic rings. The first-order valence-electron chi connectivity index (χ1n) is 7.19. The van der Waals surface area contributed by atoms with Crippen molar-refractivity contribution in [1.82, 2.24) is 10.2 Å². The van der Waals surface area contributed by atoms with Crippen LogP contribution in [0.3, 0.4) is 0 Å². The molecule has 4 nitrogen and oxygen atoms in total. The Hall–Kier alpha value is -0.970. The summed E-state index contributed by atoms with van der Waals surface area (Å²) < 4.78 is 5.44. The molecule has 0 spiro atoms. The molecule has 2 N–H and O–H groups in total. The molecule has 0 radical (unpaired) electrons. The van der Waals surface area contributed by atoms with Crippen molar-refractivity contribution in [2.75, 3.05) is 33.3 Å². The van der Waals surface area contributed by atoms with E-state index in [1.54, 1.807) is 13.2 Å². The normalized spacial score (nSPS) is 17.9. The standard InChI is InChI=1S/C15H23ClN2O2/c1-3-4-12(18-9-7-17-8-10-18)14-13(20-2)6-5-11(16)15(14)19/h5-6,12,17,19H,3-4,7-10H2,1-2H3/t12-/m0/s1. The van der Waals surface area contributed by atoms with Gasteiger partial charge in [-0.3, -0.25) is 4.90 Å².